The fraction of sp³-hybridized carbons (Fsp3) is 0.800. The molecule has 0 aromatic rings. The maximum atomic E-state index is 5.14. The topological polar surface area (TPSA) is 59.6 Å². The van der Waals surface area contributed by atoms with E-state index in [-0.39, 0.29) is 7.43 Å². The Morgan fingerprint density at radius 3 is 2.56 bits per heavy atom. The van der Waals surface area contributed by atoms with Gasteiger partial charge < -0.3 is 10.2 Å². The molecule has 5 aliphatic rings. The fourth-order valence-electron chi connectivity index (χ4n) is 8.92. The Morgan fingerprint density at radius 1 is 1.15 bits per heavy atom. The molecule has 0 saturated heterocycles. The second kappa shape index (κ2) is 14.1. The molecule has 4 fully saturated rings. The summed E-state index contributed by atoms with van der Waals surface area (Å²) >= 11 is 0. The van der Waals surface area contributed by atoms with Crippen LogP contribution in [0.25, 0.3) is 0 Å². The summed E-state index contributed by atoms with van der Waals surface area (Å²) in [5, 5.41) is 3.59. The first-order chi connectivity index (χ1) is 18.2. The van der Waals surface area contributed by atoms with Crippen LogP contribution in [0.1, 0.15) is 119 Å². The first-order valence-corrected chi connectivity index (χ1v) is 15.8. The zero-order valence-corrected chi connectivity index (χ0v) is 25.1. The van der Waals surface area contributed by atoms with Gasteiger partial charge in [0.2, 0.25) is 0 Å². The molecule has 7 unspecified atom stereocenters. The van der Waals surface area contributed by atoms with Gasteiger partial charge in [0.25, 0.3) is 0 Å². The molecule has 222 valence electrons. The SMILES string of the molecule is C.C=CCCNC(C)CCN=C(C)C1CCC2C3CCC4=CC(=C)CCC4(C)C3CCC12C.NOC1CCC1. The van der Waals surface area contributed by atoms with Crippen LogP contribution in [0.2, 0.25) is 0 Å². The van der Waals surface area contributed by atoms with Gasteiger partial charge in [-0.2, -0.15) is 0 Å². The van der Waals surface area contributed by atoms with E-state index >= 15 is 0 Å². The maximum absolute atomic E-state index is 5.14. The first kappa shape index (κ1) is 32.3. The average Bonchev–Trinajstić information content (AvgIpc) is 3.22. The molecular formula is C35H61N3O. The Morgan fingerprint density at radius 2 is 1.92 bits per heavy atom. The monoisotopic (exact) mass is 539 g/mol. The third-order valence-electron chi connectivity index (χ3n) is 11.6. The van der Waals surface area contributed by atoms with Crippen LogP contribution in [0.15, 0.2) is 41.4 Å². The second-order valence-electron chi connectivity index (χ2n) is 13.8. The van der Waals surface area contributed by atoms with Gasteiger partial charge in [-0.15, -0.1) is 6.58 Å². The fourth-order valence-corrected chi connectivity index (χ4v) is 8.92. The van der Waals surface area contributed by atoms with E-state index in [0.29, 0.717) is 28.9 Å². The van der Waals surface area contributed by atoms with Crippen molar-refractivity contribution >= 4 is 5.71 Å². The number of aliphatic imine (C=N–C) groups is 1. The average molecular weight is 540 g/mol. The van der Waals surface area contributed by atoms with Crippen molar-refractivity contribution in [3.63, 3.8) is 0 Å². The minimum atomic E-state index is 0. The quantitative estimate of drug-likeness (QED) is 0.133. The molecule has 4 saturated carbocycles. The van der Waals surface area contributed by atoms with E-state index < -0.39 is 0 Å². The summed E-state index contributed by atoms with van der Waals surface area (Å²) in [4.78, 5) is 9.63. The van der Waals surface area contributed by atoms with Crippen LogP contribution < -0.4 is 11.2 Å². The lowest BCUT2D eigenvalue weighted by atomic mass is 9.46. The van der Waals surface area contributed by atoms with Crippen LogP contribution in [0, 0.1) is 34.5 Å². The van der Waals surface area contributed by atoms with Crippen molar-refractivity contribution in [2.24, 2.45) is 45.4 Å². The molecule has 7 atom stereocenters. The molecule has 39 heavy (non-hydrogen) atoms. The smallest absolute Gasteiger partial charge is 0.0787 e. The molecule has 0 aliphatic heterocycles. The van der Waals surface area contributed by atoms with Crippen molar-refractivity contribution in [1.29, 1.82) is 0 Å². The second-order valence-corrected chi connectivity index (χ2v) is 13.8. The van der Waals surface area contributed by atoms with Crippen molar-refractivity contribution in [3.8, 4) is 0 Å². The summed E-state index contributed by atoms with van der Waals surface area (Å²) < 4.78 is 0. The number of nitrogens with zero attached hydrogens (tertiary/aromatic N) is 1. The number of hydrogen-bond acceptors (Lipinski definition) is 4. The lowest BCUT2D eigenvalue weighted by Gasteiger charge is -2.58. The summed E-state index contributed by atoms with van der Waals surface area (Å²) in [6.07, 6.45) is 21.6. The third kappa shape index (κ3) is 6.99. The van der Waals surface area contributed by atoms with Gasteiger partial charge in [-0.1, -0.05) is 51.2 Å². The normalized spacial score (nSPS) is 36.6. The van der Waals surface area contributed by atoms with E-state index in [4.69, 9.17) is 10.9 Å². The van der Waals surface area contributed by atoms with Crippen LogP contribution >= 0.6 is 0 Å². The van der Waals surface area contributed by atoms with Crippen molar-refractivity contribution in [2.75, 3.05) is 13.1 Å². The number of nitrogens with one attached hydrogen (secondary N) is 1. The number of allylic oxidation sites excluding steroid dienone is 3. The summed E-state index contributed by atoms with van der Waals surface area (Å²) in [7, 11) is 0. The number of fused-ring (bicyclic) bond motifs is 5. The Labute approximate surface area is 241 Å². The molecule has 4 heteroatoms. The van der Waals surface area contributed by atoms with E-state index in [1.54, 1.807) is 5.57 Å². The Kier molecular flexibility index (Phi) is 11.7. The Bertz CT molecular complexity index is 886. The van der Waals surface area contributed by atoms with E-state index in [1.807, 2.05) is 6.08 Å². The summed E-state index contributed by atoms with van der Waals surface area (Å²) in [6.45, 7) is 20.0. The molecule has 0 aromatic carbocycles. The highest BCUT2D eigenvalue weighted by atomic mass is 16.6. The Balaban J connectivity index is 0.000000531. The minimum Gasteiger partial charge on any atom is -0.314 e. The van der Waals surface area contributed by atoms with Crippen LogP contribution in [0.5, 0.6) is 0 Å². The zero-order chi connectivity index (χ0) is 27.3. The van der Waals surface area contributed by atoms with Gasteiger partial charge in [-0.25, -0.2) is 5.90 Å². The predicted octanol–water partition coefficient (Wildman–Crippen LogP) is 8.59. The van der Waals surface area contributed by atoms with Crippen LogP contribution in [-0.4, -0.2) is 30.9 Å². The third-order valence-corrected chi connectivity index (χ3v) is 11.6. The van der Waals surface area contributed by atoms with Gasteiger partial charge in [0, 0.05) is 24.2 Å². The largest absolute Gasteiger partial charge is 0.314 e. The first-order valence-electron chi connectivity index (χ1n) is 15.8. The summed E-state index contributed by atoms with van der Waals surface area (Å²) in [6, 6.07) is 0.533. The molecular weight excluding hydrogens is 478 g/mol. The molecule has 5 rings (SSSR count). The number of hydrogen-bond donors (Lipinski definition) is 2. The lowest BCUT2D eigenvalue weighted by Crippen LogP contribution is -2.50. The highest BCUT2D eigenvalue weighted by Gasteiger charge is 2.59. The Hall–Kier alpha value is -1.23. The molecule has 0 spiro atoms. The van der Waals surface area contributed by atoms with Crippen LogP contribution in [-0.2, 0) is 4.84 Å². The van der Waals surface area contributed by atoms with Gasteiger partial charge in [-0.05, 0) is 132 Å². The molecule has 0 heterocycles. The van der Waals surface area contributed by atoms with Gasteiger partial charge in [0.15, 0.2) is 0 Å². The molecule has 3 N–H and O–H groups in total. The van der Waals surface area contributed by atoms with Crippen molar-refractivity contribution < 1.29 is 4.84 Å². The van der Waals surface area contributed by atoms with Gasteiger partial charge in [0.05, 0.1) is 6.10 Å². The van der Waals surface area contributed by atoms with Crippen molar-refractivity contribution in [3.05, 3.63) is 36.5 Å². The van der Waals surface area contributed by atoms with Gasteiger partial charge >= 0.3 is 0 Å². The van der Waals surface area contributed by atoms with E-state index in [2.05, 4.69) is 57.1 Å². The standard InChI is InChI=1S/C30H48N2.C4H9NO.CH4/c1-7-8-18-31-22(3)15-19-32-23(4)26-11-12-27-25-10-9-24-20-21(2)13-16-29(24,5)28(25)14-17-30(26,27)6;5-6-4-2-1-3-4;/h7,20,22,25-28,31H,1-2,8-19H2,3-6H3;4H,1-3,5H2;1H4. The van der Waals surface area contributed by atoms with Crippen LogP contribution in [0.3, 0.4) is 0 Å². The van der Waals surface area contributed by atoms with E-state index in [0.717, 1.165) is 56.5 Å². The summed E-state index contributed by atoms with van der Waals surface area (Å²) in [5.41, 5.74) is 5.47. The van der Waals surface area contributed by atoms with Crippen LogP contribution in [0.4, 0.5) is 0 Å². The molecule has 0 amide bonds. The van der Waals surface area contributed by atoms with E-state index in [9.17, 15) is 0 Å². The van der Waals surface area contributed by atoms with E-state index in [1.165, 1.54) is 69.1 Å². The van der Waals surface area contributed by atoms with Crippen molar-refractivity contribution in [1.82, 2.24) is 5.32 Å². The molecule has 0 aromatic heterocycles. The number of rotatable bonds is 9. The molecule has 0 radical (unpaired) electrons. The highest BCUT2D eigenvalue weighted by Crippen LogP contribution is 2.67. The van der Waals surface area contributed by atoms with Gasteiger partial charge in [0.1, 0.15) is 0 Å². The molecule has 0 bridgehead atoms. The lowest BCUT2D eigenvalue weighted by molar-refractivity contribution is -0.0417. The zero-order valence-electron chi connectivity index (χ0n) is 25.1. The highest BCUT2D eigenvalue weighted by molar-refractivity contribution is 5.85. The molecule has 5 aliphatic carbocycles. The minimum absolute atomic E-state index is 0. The molecule has 4 nitrogen and oxygen atoms in total. The van der Waals surface area contributed by atoms with Crippen molar-refractivity contribution in [2.45, 2.75) is 131 Å². The number of nitrogens with two attached hydrogens (primary N) is 1. The predicted molar refractivity (Wildman–Crippen MR) is 169 cm³/mol. The maximum Gasteiger partial charge on any atom is 0.0787 e. The summed E-state index contributed by atoms with van der Waals surface area (Å²) in [5.74, 6) is 8.26. The van der Waals surface area contributed by atoms with Gasteiger partial charge in [-0.3, -0.25) is 4.99 Å².